The monoisotopic (exact) mass is 272 g/mol. The molecule has 0 bridgehead atoms. The van der Waals surface area contributed by atoms with E-state index in [0.29, 0.717) is 6.04 Å². The minimum atomic E-state index is 0.106. The quantitative estimate of drug-likeness (QED) is 0.892. The molecule has 0 spiro atoms. The summed E-state index contributed by atoms with van der Waals surface area (Å²) in [6, 6.07) is 10.6. The van der Waals surface area contributed by atoms with Gasteiger partial charge in [-0.25, -0.2) is 0 Å². The fourth-order valence-corrected chi connectivity index (χ4v) is 3.24. The third-order valence-corrected chi connectivity index (χ3v) is 3.98. The average Bonchev–Trinajstić information content (AvgIpc) is 2.42. The van der Waals surface area contributed by atoms with Crippen molar-refractivity contribution < 1.29 is 4.74 Å². The zero-order chi connectivity index (χ0) is 14.4. The SMILES string of the molecule is CC1CC(C)CC(NCc2cccc(OCC#N)c2)C1. The highest BCUT2D eigenvalue weighted by Crippen LogP contribution is 2.28. The van der Waals surface area contributed by atoms with E-state index >= 15 is 0 Å². The summed E-state index contributed by atoms with van der Waals surface area (Å²) in [6.07, 6.45) is 3.90. The van der Waals surface area contributed by atoms with Gasteiger partial charge in [0.1, 0.15) is 11.8 Å². The molecule has 3 nitrogen and oxygen atoms in total. The second-order valence-electron chi connectivity index (χ2n) is 6.09. The first kappa shape index (κ1) is 14.9. The Kier molecular flexibility index (Phi) is 5.43. The molecule has 2 rings (SSSR count). The van der Waals surface area contributed by atoms with Crippen molar-refractivity contribution in [3.8, 4) is 11.8 Å². The number of nitriles is 1. The van der Waals surface area contributed by atoms with Crippen LogP contribution >= 0.6 is 0 Å². The van der Waals surface area contributed by atoms with E-state index in [9.17, 15) is 0 Å². The number of ether oxygens (including phenoxy) is 1. The van der Waals surface area contributed by atoms with Crippen molar-refractivity contribution in [1.29, 1.82) is 5.26 Å². The van der Waals surface area contributed by atoms with Gasteiger partial charge in [-0.3, -0.25) is 0 Å². The van der Waals surface area contributed by atoms with Crippen LogP contribution in [0.25, 0.3) is 0 Å². The summed E-state index contributed by atoms with van der Waals surface area (Å²) >= 11 is 0. The summed E-state index contributed by atoms with van der Waals surface area (Å²) in [4.78, 5) is 0. The molecule has 0 amide bonds. The molecule has 2 unspecified atom stereocenters. The van der Waals surface area contributed by atoms with Gasteiger partial charge < -0.3 is 10.1 Å². The molecular weight excluding hydrogens is 248 g/mol. The topological polar surface area (TPSA) is 45.0 Å². The molecule has 1 aliphatic carbocycles. The first-order valence-electron chi connectivity index (χ1n) is 7.49. The zero-order valence-corrected chi connectivity index (χ0v) is 12.4. The largest absolute Gasteiger partial charge is 0.479 e. The highest BCUT2D eigenvalue weighted by molar-refractivity contribution is 5.28. The molecule has 1 aliphatic rings. The average molecular weight is 272 g/mol. The first-order valence-corrected chi connectivity index (χ1v) is 7.49. The van der Waals surface area contributed by atoms with Gasteiger partial charge in [-0.1, -0.05) is 26.0 Å². The van der Waals surface area contributed by atoms with Gasteiger partial charge in [-0.2, -0.15) is 5.26 Å². The normalized spacial score (nSPS) is 25.9. The molecule has 0 radical (unpaired) electrons. The Hall–Kier alpha value is -1.53. The number of hydrogen-bond donors (Lipinski definition) is 1. The number of rotatable bonds is 5. The Morgan fingerprint density at radius 1 is 1.25 bits per heavy atom. The van der Waals surface area contributed by atoms with Gasteiger partial charge in [0.25, 0.3) is 0 Å². The van der Waals surface area contributed by atoms with Gasteiger partial charge in [0.2, 0.25) is 0 Å². The predicted molar refractivity (Wildman–Crippen MR) is 80.4 cm³/mol. The second-order valence-corrected chi connectivity index (χ2v) is 6.09. The maximum Gasteiger partial charge on any atom is 0.174 e. The van der Waals surface area contributed by atoms with Crippen molar-refractivity contribution in [2.45, 2.75) is 45.7 Å². The molecule has 1 saturated carbocycles. The highest BCUT2D eigenvalue weighted by Gasteiger charge is 2.23. The maximum atomic E-state index is 8.53. The summed E-state index contributed by atoms with van der Waals surface area (Å²) in [5.74, 6) is 2.42. The van der Waals surface area contributed by atoms with E-state index < -0.39 is 0 Å². The van der Waals surface area contributed by atoms with E-state index in [1.807, 2.05) is 24.3 Å². The standard InChI is InChI=1S/C17H24N2O/c1-13-8-14(2)10-16(9-13)19-12-15-4-3-5-17(11-15)20-7-6-18/h3-5,11,13-14,16,19H,7-10,12H2,1-2H3. The van der Waals surface area contributed by atoms with Gasteiger partial charge in [0.05, 0.1) is 0 Å². The Bertz CT molecular complexity index is 456. The van der Waals surface area contributed by atoms with Crippen molar-refractivity contribution in [2.75, 3.05) is 6.61 Å². The van der Waals surface area contributed by atoms with Crippen molar-refractivity contribution in [3.63, 3.8) is 0 Å². The lowest BCUT2D eigenvalue weighted by molar-refractivity contribution is 0.238. The summed E-state index contributed by atoms with van der Waals surface area (Å²) < 4.78 is 5.33. The molecule has 20 heavy (non-hydrogen) atoms. The lowest BCUT2D eigenvalue weighted by Gasteiger charge is -2.32. The molecule has 1 aromatic rings. The molecule has 3 heteroatoms. The Balaban J connectivity index is 1.85. The van der Waals surface area contributed by atoms with Gasteiger partial charge in [0.15, 0.2) is 6.61 Å². The number of benzene rings is 1. The number of nitrogens with one attached hydrogen (secondary N) is 1. The minimum Gasteiger partial charge on any atom is -0.479 e. The van der Waals surface area contributed by atoms with Gasteiger partial charge in [-0.15, -0.1) is 0 Å². The minimum absolute atomic E-state index is 0.106. The zero-order valence-electron chi connectivity index (χ0n) is 12.4. The van der Waals surface area contributed by atoms with Gasteiger partial charge in [0, 0.05) is 12.6 Å². The molecule has 1 fully saturated rings. The molecule has 1 aromatic carbocycles. The summed E-state index contributed by atoms with van der Waals surface area (Å²) in [7, 11) is 0. The van der Waals surface area contributed by atoms with Crippen LogP contribution in [0, 0.1) is 23.2 Å². The summed E-state index contributed by atoms with van der Waals surface area (Å²) in [5, 5.41) is 12.2. The Morgan fingerprint density at radius 2 is 2.00 bits per heavy atom. The first-order chi connectivity index (χ1) is 9.67. The lowest BCUT2D eigenvalue weighted by Crippen LogP contribution is -2.35. The molecule has 1 N–H and O–H groups in total. The number of nitrogens with zero attached hydrogens (tertiary/aromatic N) is 1. The van der Waals surface area contributed by atoms with Crippen molar-refractivity contribution in [3.05, 3.63) is 29.8 Å². The van der Waals surface area contributed by atoms with Gasteiger partial charge >= 0.3 is 0 Å². The molecule has 0 aromatic heterocycles. The van der Waals surface area contributed by atoms with Crippen LogP contribution in [0.4, 0.5) is 0 Å². The molecular formula is C17H24N2O. The number of hydrogen-bond acceptors (Lipinski definition) is 3. The van der Waals surface area contributed by atoms with Gasteiger partial charge in [-0.05, 0) is 48.8 Å². The van der Waals surface area contributed by atoms with E-state index in [4.69, 9.17) is 10.00 Å². The lowest BCUT2D eigenvalue weighted by atomic mass is 9.80. The summed E-state index contributed by atoms with van der Waals surface area (Å²) in [5.41, 5.74) is 1.21. The van der Waals surface area contributed by atoms with Crippen LogP contribution in [0.2, 0.25) is 0 Å². The van der Waals surface area contributed by atoms with Crippen LogP contribution in [0.15, 0.2) is 24.3 Å². The molecule has 0 heterocycles. The third kappa shape index (κ3) is 4.54. The molecule has 0 aliphatic heterocycles. The highest BCUT2D eigenvalue weighted by atomic mass is 16.5. The molecule has 0 saturated heterocycles. The second kappa shape index (κ2) is 7.31. The fourth-order valence-electron chi connectivity index (χ4n) is 3.24. The smallest absolute Gasteiger partial charge is 0.174 e. The maximum absolute atomic E-state index is 8.53. The van der Waals surface area contributed by atoms with Crippen LogP contribution in [-0.4, -0.2) is 12.6 Å². The van der Waals surface area contributed by atoms with Crippen LogP contribution in [0.3, 0.4) is 0 Å². The van der Waals surface area contributed by atoms with Crippen LogP contribution < -0.4 is 10.1 Å². The van der Waals surface area contributed by atoms with Crippen molar-refractivity contribution >= 4 is 0 Å². The van der Waals surface area contributed by atoms with E-state index in [-0.39, 0.29) is 6.61 Å². The van der Waals surface area contributed by atoms with E-state index in [2.05, 4.69) is 25.2 Å². The van der Waals surface area contributed by atoms with E-state index in [1.165, 1.54) is 24.8 Å². The fraction of sp³-hybridized carbons (Fsp3) is 0.588. The van der Waals surface area contributed by atoms with Crippen molar-refractivity contribution in [1.82, 2.24) is 5.32 Å². The van der Waals surface area contributed by atoms with Crippen LogP contribution in [-0.2, 0) is 6.54 Å². The molecule has 2 atom stereocenters. The van der Waals surface area contributed by atoms with E-state index in [0.717, 1.165) is 24.1 Å². The third-order valence-electron chi connectivity index (χ3n) is 3.98. The predicted octanol–water partition coefficient (Wildman–Crippen LogP) is 3.50. The van der Waals surface area contributed by atoms with Crippen molar-refractivity contribution in [2.24, 2.45) is 11.8 Å². The summed E-state index contributed by atoms with van der Waals surface area (Å²) in [6.45, 7) is 5.67. The molecule has 108 valence electrons. The van der Waals surface area contributed by atoms with Crippen LogP contribution in [0.1, 0.15) is 38.7 Å². The van der Waals surface area contributed by atoms with E-state index in [1.54, 1.807) is 0 Å². The Morgan fingerprint density at radius 3 is 2.70 bits per heavy atom. The Labute approximate surface area is 121 Å². The van der Waals surface area contributed by atoms with Crippen LogP contribution in [0.5, 0.6) is 5.75 Å².